The van der Waals surface area contributed by atoms with E-state index in [0.29, 0.717) is 11.3 Å². The normalized spacial score (nSPS) is 10.8. The number of fused-ring (bicyclic) bond motifs is 1. The van der Waals surface area contributed by atoms with Crippen LogP contribution in [0.25, 0.3) is 28.0 Å². The van der Waals surface area contributed by atoms with Gasteiger partial charge in [0.2, 0.25) is 0 Å². The maximum absolute atomic E-state index is 12.8. The van der Waals surface area contributed by atoms with Gasteiger partial charge in [-0.25, -0.2) is 9.78 Å². The van der Waals surface area contributed by atoms with Crippen molar-refractivity contribution in [3.05, 3.63) is 91.0 Å². The average molecular weight is 448 g/mol. The number of nitrogens with zero attached hydrogens (tertiary/aromatic N) is 3. The van der Waals surface area contributed by atoms with Gasteiger partial charge in [-0.15, -0.1) is 0 Å². The molecule has 0 spiro atoms. The Labute approximate surface area is 186 Å². The first-order chi connectivity index (χ1) is 15.3. The molecule has 32 heavy (non-hydrogen) atoms. The lowest BCUT2D eigenvalue weighted by molar-refractivity contribution is -0.384. The highest BCUT2D eigenvalue weighted by molar-refractivity contribution is 7.71. The van der Waals surface area contributed by atoms with Crippen LogP contribution in [0, 0.1) is 21.8 Å². The van der Waals surface area contributed by atoms with Gasteiger partial charge in [-0.05, 0) is 42.9 Å². The van der Waals surface area contributed by atoms with E-state index < -0.39 is 16.5 Å². The number of carbonyl (C=O) groups excluding carboxylic acids is 1. The zero-order chi connectivity index (χ0) is 23.0. The minimum Gasteiger partial charge on any atom is -0.465 e. The summed E-state index contributed by atoms with van der Waals surface area (Å²) in [5.41, 5.74) is 1.61. The van der Waals surface area contributed by atoms with E-state index in [9.17, 15) is 19.7 Å². The standard InChI is InChI=1S/C22H16N4O5S/c1-12-5-3-7-14(9-12)25-19-18(20(27)24-22(25)32)16(21(28)31-2)11-17(23-19)13-6-4-8-15(10-13)26(29)30/h3-11H,1-2H3,(H,24,27,32). The molecule has 0 amide bonds. The van der Waals surface area contributed by atoms with Crippen molar-refractivity contribution in [3.8, 4) is 16.9 Å². The number of nitro benzene ring substituents is 1. The highest BCUT2D eigenvalue weighted by atomic mass is 32.1. The van der Waals surface area contributed by atoms with Crippen molar-refractivity contribution in [2.75, 3.05) is 7.11 Å². The smallest absolute Gasteiger partial charge is 0.338 e. The number of rotatable bonds is 4. The number of pyridine rings is 1. The van der Waals surface area contributed by atoms with E-state index in [2.05, 4.69) is 9.97 Å². The van der Waals surface area contributed by atoms with Crippen molar-refractivity contribution in [2.24, 2.45) is 0 Å². The number of esters is 1. The van der Waals surface area contributed by atoms with Gasteiger partial charge in [0.1, 0.15) is 0 Å². The number of ether oxygens (including phenoxy) is 1. The average Bonchev–Trinajstić information content (AvgIpc) is 2.77. The summed E-state index contributed by atoms with van der Waals surface area (Å²) in [6.45, 7) is 1.91. The molecule has 4 aromatic rings. The molecule has 1 N–H and O–H groups in total. The number of nitrogens with one attached hydrogen (secondary N) is 1. The highest BCUT2D eigenvalue weighted by Gasteiger charge is 2.21. The fraction of sp³-hybridized carbons (Fsp3) is 0.0909. The number of benzene rings is 2. The molecule has 0 atom stereocenters. The third kappa shape index (κ3) is 3.67. The van der Waals surface area contributed by atoms with Crippen molar-refractivity contribution in [1.29, 1.82) is 0 Å². The lowest BCUT2D eigenvalue weighted by Crippen LogP contribution is -2.19. The molecule has 0 saturated heterocycles. The lowest BCUT2D eigenvalue weighted by Gasteiger charge is -2.14. The molecule has 4 rings (SSSR count). The largest absolute Gasteiger partial charge is 0.465 e. The van der Waals surface area contributed by atoms with E-state index in [4.69, 9.17) is 17.0 Å². The van der Waals surface area contributed by atoms with Gasteiger partial charge in [-0.3, -0.25) is 24.5 Å². The Kier molecular flexibility index (Phi) is 5.37. The summed E-state index contributed by atoms with van der Waals surface area (Å²) in [5, 5.41) is 11.2. The molecular weight excluding hydrogens is 432 g/mol. The van der Waals surface area contributed by atoms with Crippen LogP contribution in [0.5, 0.6) is 0 Å². The molecule has 0 unspecified atom stereocenters. The molecule has 10 heteroatoms. The van der Waals surface area contributed by atoms with Crippen LogP contribution in [0.2, 0.25) is 0 Å². The van der Waals surface area contributed by atoms with Crippen LogP contribution in [0.15, 0.2) is 59.4 Å². The number of hydrogen-bond donors (Lipinski definition) is 1. The Morgan fingerprint density at radius 2 is 1.94 bits per heavy atom. The first kappa shape index (κ1) is 21.1. The van der Waals surface area contributed by atoms with Crippen LogP contribution < -0.4 is 5.56 Å². The summed E-state index contributed by atoms with van der Waals surface area (Å²) in [6, 6.07) is 14.6. The summed E-state index contributed by atoms with van der Waals surface area (Å²) in [6.07, 6.45) is 0. The van der Waals surface area contributed by atoms with Crippen molar-refractivity contribution in [1.82, 2.24) is 14.5 Å². The predicted molar refractivity (Wildman–Crippen MR) is 121 cm³/mol. The molecule has 0 aliphatic heterocycles. The topological polar surface area (TPSA) is 120 Å². The van der Waals surface area contributed by atoms with Gasteiger partial charge in [0, 0.05) is 17.7 Å². The monoisotopic (exact) mass is 448 g/mol. The van der Waals surface area contributed by atoms with E-state index in [1.165, 1.54) is 31.4 Å². The van der Waals surface area contributed by atoms with E-state index in [-0.39, 0.29) is 32.7 Å². The maximum Gasteiger partial charge on any atom is 0.338 e. The van der Waals surface area contributed by atoms with E-state index in [1.54, 1.807) is 16.7 Å². The highest BCUT2D eigenvalue weighted by Crippen LogP contribution is 2.27. The van der Waals surface area contributed by atoms with Crippen LogP contribution >= 0.6 is 12.2 Å². The third-order valence-electron chi connectivity index (χ3n) is 4.88. The Hall–Kier alpha value is -4.18. The molecule has 0 saturated carbocycles. The molecule has 2 aromatic carbocycles. The molecule has 0 radical (unpaired) electrons. The Morgan fingerprint density at radius 3 is 2.62 bits per heavy atom. The molecule has 0 bridgehead atoms. The summed E-state index contributed by atoms with van der Waals surface area (Å²) in [5.74, 6) is -0.748. The number of H-pyrrole nitrogens is 1. The number of nitro groups is 1. The number of aromatic amines is 1. The second kappa shape index (κ2) is 8.16. The van der Waals surface area contributed by atoms with Gasteiger partial charge in [0.15, 0.2) is 10.4 Å². The lowest BCUT2D eigenvalue weighted by atomic mass is 10.1. The number of non-ortho nitro benzene ring substituents is 1. The van der Waals surface area contributed by atoms with Gasteiger partial charge in [0.05, 0.1) is 34.4 Å². The Balaban J connectivity index is 2.15. The number of aromatic nitrogens is 3. The predicted octanol–water partition coefficient (Wildman–Crippen LogP) is 4.11. The van der Waals surface area contributed by atoms with Crippen molar-refractivity contribution >= 4 is 34.9 Å². The second-order valence-electron chi connectivity index (χ2n) is 6.99. The van der Waals surface area contributed by atoms with E-state index >= 15 is 0 Å². The maximum atomic E-state index is 12.8. The molecule has 2 aromatic heterocycles. The second-order valence-corrected chi connectivity index (χ2v) is 7.37. The van der Waals surface area contributed by atoms with E-state index in [0.717, 1.165) is 5.56 Å². The molecule has 0 fully saturated rings. The van der Waals surface area contributed by atoms with Gasteiger partial charge >= 0.3 is 5.97 Å². The van der Waals surface area contributed by atoms with Crippen LogP contribution in [0.3, 0.4) is 0 Å². The molecule has 9 nitrogen and oxygen atoms in total. The van der Waals surface area contributed by atoms with Crippen molar-refractivity contribution in [3.63, 3.8) is 0 Å². The number of methoxy groups -OCH3 is 1. The summed E-state index contributed by atoms with van der Waals surface area (Å²) >= 11 is 5.41. The number of aryl methyl sites for hydroxylation is 1. The van der Waals surface area contributed by atoms with E-state index in [1.807, 2.05) is 25.1 Å². The van der Waals surface area contributed by atoms with Crippen molar-refractivity contribution in [2.45, 2.75) is 6.92 Å². The minimum atomic E-state index is -0.748. The quantitative estimate of drug-likeness (QED) is 0.216. The Bertz CT molecular complexity index is 1520. The zero-order valence-electron chi connectivity index (χ0n) is 17.0. The zero-order valence-corrected chi connectivity index (χ0v) is 17.8. The van der Waals surface area contributed by atoms with Crippen LogP contribution in [0.4, 0.5) is 5.69 Å². The number of hydrogen-bond acceptors (Lipinski definition) is 7. The number of carbonyl (C=O) groups is 1. The molecule has 0 aliphatic carbocycles. The molecular formula is C22H16N4O5S. The first-order valence-electron chi connectivity index (χ1n) is 9.40. The fourth-order valence-corrected chi connectivity index (χ4v) is 3.72. The fourth-order valence-electron chi connectivity index (χ4n) is 3.43. The van der Waals surface area contributed by atoms with Gasteiger partial charge in [-0.2, -0.15) is 0 Å². The van der Waals surface area contributed by atoms with Gasteiger partial charge in [0.25, 0.3) is 11.2 Å². The Morgan fingerprint density at radius 1 is 1.19 bits per heavy atom. The van der Waals surface area contributed by atoms with Crippen molar-refractivity contribution < 1.29 is 14.5 Å². The van der Waals surface area contributed by atoms with Gasteiger partial charge < -0.3 is 4.74 Å². The van der Waals surface area contributed by atoms with Crippen LogP contribution in [0.1, 0.15) is 15.9 Å². The first-order valence-corrected chi connectivity index (χ1v) is 9.81. The van der Waals surface area contributed by atoms with Crippen LogP contribution in [-0.2, 0) is 4.74 Å². The molecule has 2 heterocycles. The summed E-state index contributed by atoms with van der Waals surface area (Å²) < 4.78 is 6.52. The summed E-state index contributed by atoms with van der Waals surface area (Å²) in [7, 11) is 1.20. The van der Waals surface area contributed by atoms with Gasteiger partial charge in [-0.1, -0.05) is 24.3 Å². The molecule has 0 aliphatic rings. The molecule has 160 valence electrons. The summed E-state index contributed by atoms with van der Waals surface area (Å²) in [4.78, 5) is 43.3. The van der Waals surface area contributed by atoms with Crippen LogP contribution in [-0.4, -0.2) is 32.5 Å². The SMILES string of the molecule is COC(=O)c1cc(-c2cccc([N+](=O)[O-])c2)nc2c1c(=O)[nH]c(=S)n2-c1cccc(C)c1. The third-order valence-corrected chi connectivity index (χ3v) is 5.17. The minimum absolute atomic E-state index is 0.00105.